The Morgan fingerprint density at radius 2 is 1.90 bits per heavy atom. The minimum atomic E-state index is -0.252. The Kier molecular flexibility index (Phi) is 3.31. The van der Waals surface area contributed by atoms with E-state index in [1.807, 2.05) is 24.3 Å². The highest BCUT2D eigenvalue weighted by Crippen LogP contribution is 2.18. The lowest BCUT2D eigenvalue weighted by atomic mass is 10.2. The van der Waals surface area contributed by atoms with Gasteiger partial charge in [0.15, 0.2) is 5.58 Å². The summed E-state index contributed by atoms with van der Waals surface area (Å²) < 4.78 is 18.4. The van der Waals surface area contributed by atoms with Crippen molar-refractivity contribution in [3.8, 4) is 0 Å². The molecule has 3 aromatic rings. The summed E-state index contributed by atoms with van der Waals surface area (Å²) >= 11 is 0. The van der Waals surface area contributed by atoms with Crippen LogP contribution < -0.4 is 5.73 Å². The Hall–Kier alpha value is -2.46. The fraction of sp³-hybridized carbons (Fsp3) is 0.0625. The van der Waals surface area contributed by atoms with Gasteiger partial charge in [-0.05, 0) is 41.5 Å². The van der Waals surface area contributed by atoms with Gasteiger partial charge in [0, 0.05) is 12.6 Å². The Bertz CT molecular complexity index is 760. The van der Waals surface area contributed by atoms with Crippen LogP contribution in [0.15, 0.2) is 46.9 Å². The highest BCUT2D eigenvalue weighted by atomic mass is 19.1. The van der Waals surface area contributed by atoms with E-state index in [0.29, 0.717) is 12.4 Å². The third-order valence-corrected chi connectivity index (χ3v) is 2.99. The molecule has 0 radical (unpaired) electrons. The van der Waals surface area contributed by atoms with Crippen molar-refractivity contribution in [3.63, 3.8) is 0 Å². The molecule has 0 saturated carbocycles. The van der Waals surface area contributed by atoms with Crippen molar-refractivity contribution in [2.75, 3.05) is 0 Å². The van der Waals surface area contributed by atoms with Gasteiger partial charge in [-0.2, -0.15) is 0 Å². The second kappa shape index (κ2) is 5.27. The molecule has 0 amide bonds. The summed E-state index contributed by atoms with van der Waals surface area (Å²) in [7, 11) is 0. The van der Waals surface area contributed by atoms with Gasteiger partial charge in [-0.1, -0.05) is 18.2 Å². The van der Waals surface area contributed by atoms with Crippen LogP contribution in [-0.2, 0) is 6.54 Å². The zero-order valence-electron chi connectivity index (χ0n) is 10.7. The predicted molar refractivity (Wildman–Crippen MR) is 77.2 cm³/mol. The number of halogens is 1. The number of nitrogens with zero attached hydrogens (tertiary/aromatic N) is 1. The monoisotopic (exact) mass is 268 g/mol. The fourth-order valence-corrected chi connectivity index (χ4v) is 1.93. The molecule has 0 fully saturated rings. The average molecular weight is 268 g/mol. The van der Waals surface area contributed by atoms with Crippen molar-refractivity contribution in [2.45, 2.75) is 6.54 Å². The summed E-state index contributed by atoms with van der Waals surface area (Å²) in [5, 5.41) is 0. The number of nitrogens with two attached hydrogens (primary N) is 1. The standard InChI is InChI=1S/C16H13FN2O/c17-13-5-1-11(2-6-13)4-8-16-19-14-9-12(10-18)3-7-15(14)20-16/h1-9H,10,18H2/b8-4+. The largest absolute Gasteiger partial charge is 0.437 e. The maximum Gasteiger partial charge on any atom is 0.220 e. The SMILES string of the molecule is NCc1ccc2oc(/C=C/c3ccc(F)cc3)nc2c1. The quantitative estimate of drug-likeness (QED) is 0.789. The zero-order valence-corrected chi connectivity index (χ0v) is 10.7. The van der Waals surface area contributed by atoms with E-state index in [0.717, 1.165) is 22.2 Å². The normalized spacial score (nSPS) is 11.5. The second-order valence-electron chi connectivity index (χ2n) is 4.44. The predicted octanol–water partition coefficient (Wildman–Crippen LogP) is 3.60. The van der Waals surface area contributed by atoms with Gasteiger partial charge in [-0.25, -0.2) is 9.37 Å². The van der Waals surface area contributed by atoms with Gasteiger partial charge >= 0.3 is 0 Å². The number of aromatic nitrogens is 1. The molecular formula is C16H13FN2O. The van der Waals surface area contributed by atoms with Crippen LogP contribution in [0.4, 0.5) is 4.39 Å². The summed E-state index contributed by atoms with van der Waals surface area (Å²) in [4.78, 5) is 4.37. The Morgan fingerprint density at radius 1 is 1.10 bits per heavy atom. The van der Waals surface area contributed by atoms with Crippen LogP contribution >= 0.6 is 0 Å². The Labute approximate surface area is 115 Å². The van der Waals surface area contributed by atoms with Crippen LogP contribution in [0.3, 0.4) is 0 Å². The van der Waals surface area contributed by atoms with Crippen molar-refractivity contribution < 1.29 is 8.81 Å². The number of fused-ring (bicyclic) bond motifs is 1. The molecule has 0 saturated heterocycles. The van der Waals surface area contributed by atoms with Gasteiger partial charge in [-0.3, -0.25) is 0 Å². The highest BCUT2D eigenvalue weighted by molar-refractivity contribution is 5.76. The molecule has 2 N–H and O–H groups in total. The van der Waals surface area contributed by atoms with E-state index in [1.165, 1.54) is 12.1 Å². The van der Waals surface area contributed by atoms with E-state index in [-0.39, 0.29) is 5.82 Å². The molecule has 0 spiro atoms. The number of oxazole rings is 1. The fourth-order valence-electron chi connectivity index (χ4n) is 1.93. The molecule has 0 bridgehead atoms. The van der Waals surface area contributed by atoms with Crippen molar-refractivity contribution in [1.82, 2.24) is 4.98 Å². The molecular weight excluding hydrogens is 255 g/mol. The summed E-state index contributed by atoms with van der Waals surface area (Å²) in [5.74, 6) is 0.261. The molecule has 4 heteroatoms. The average Bonchev–Trinajstić information content (AvgIpc) is 2.88. The summed E-state index contributed by atoms with van der Waals surface area (Å²) in [6.45, 7) is 0.476. The summed E-state index contributed by atoms with van der Waals surface area (Å²) in [6.07, 6.45) is 3.59. The number of hydrogen-bond acceptors (Lipinski definition) is 3. The molecule has 0 unspecified atom stereocenters. The van der Waals surface area contributed by atoms with Crippen LogP contribution in [0.5, 0.6) is 0 Å². The van der Waals surface area contributed by atoms with Crippen molar-refractivity contribution in [2.24, 2.45) is 5.73 Å². The molecule has 1 heterocycles. The molecule has 1 aromatic heterocycles. The van der Waals surface area contributed by atoms with Crippen molar-refractivity contribution in [3.05, 3.63) is 65.3 Å². The van der Waals surface area contributed by atoms with Crippen LogP contribution in [0.25, 0.3) is 23.3 Å². The molecule has 3 nitrogen and oxygen atoms in total. The van der Waals surface area contributed by atoms with Gasteiger partial charge in [0.25, 0.3) is 0 Å². The first-order chi connectivity index (χ1) is 9.74. The van der Waals surface area contributed by atoms with Crippen LogP contribution in [0, 0.1) is 5.82 Å². The molecule has 100 valence electrons. The summed E-state index contributed by atoms with van der Waals surface area (Å²) in [5.41, 5.74) is 9.00. The van der Waals surface area contributed by atoms with Gasteiger partial charge in [-0.15, -0.1) is 0 Å². The Morgan fingerprint density at radius 3 is 2.65 bits per heavy atom. The molecule has 0 aliphatic heterocycles. The molecule has 0 atom stereocenters. The van der Waals surface area contributed by atoms with Gasteiger partial charge < -0.3 is 10.2 Å². The lowest BCUT2D eigenvalue weighted by molar-refractivity contribution is 0.589. The maximum atomic E-state index is 12.8. The third kappa shape index (κ3) is 2.60. The summed E-state index contributed by atoms with van der Waals surface area (Å²) in [6, 6.07) is 11.9. The molecule has 0 aliphatic carbocycles. The van der Waals surface area contributed by atoms with Crippen molar-refractivity contribution >= 4 is 23.3 Å². The molecule has 20 heavy (non-hydrogen) atoms. The highest BCUT2D eigenvalue weighted by Gasteiger charge is 2.03. The van der Waals surface area contributed by atoms with Gasteiger partial charge in [0.2, 0.25) is 5.89 Å². The van der Waals surface area contributed by atoms with E-state index in [9.17, 15) is 4.39 Å². The van der Waals surface area contributed by atoms with E-state index in [4.69, 9.17) is 10.2 Å². The van der Waals surface area contributed by atoms with Crippen molar-refractivity contribution in [1.29, 1.82) is 0 Å². The van der Waals surface area contributed by atoms with E-state index < -0.39 is 0 Å². The first kappa shape index (κ1) is 12.6. The third-order valence-electron chi connectivity index (χ3n) is 2.99. The first-order valence-corrected chi connectivity index (χ1v) is 6.28. The van der Waals surface area contributed by atoms with Crippen LogP contribution in [0.1, 0.15) is 17.0 Å². The number of rotatable bonds is 3. The smallest absolute Gasteiger partial charge is 0.220 e. The lowest BCUT2D eigenvalue weighted by Crippen LogP contribution is -1.94. The first-order valence-electron chi connectivity index (χ1n) is 6.28. The topological polar surface area (TPSA) is 52.0 Å². The molecule has 0 aliphatic rings. The van der Waals surface area contributed by atoms with E-state index in [2.05, 4.69) is 4.98 Å². The molecule has 3 rings (SSSR count). The van der Waals surface area contributed by atoms with Gasteiger partial charge in [0.05, 0.1) is 0 Å². The van der Waals surface area contributed by atoms with Crippen LogP contribution in [-0.4, -0.2) is 4.98 Å². The number of hydrogen-bond donors (Lipinski definition) is 1. The zero-order chi connectivity index (χ0) is 13.9. The van der Waals surface area contributed by atoms with E-state index in [1.54, 1.807) is 18.2 Å². The van der Waals surface area contributed by atoms with Crippen LogP contribution in [0.2, 0.25) is 0 Å². The minimum Gasteiger partial charge on any atom is -0.437 e. The minimum absolute atomic E-state index is 0.252. The lowest BCUT2D eigenvalue weighted by Gasteiger charge is -1.92. The maximum absolute atomic E-state index is 12.8. The molecule has 2 aromatic carbocycles. The number of benzene rings is 2. The van der Waals surface area contributed by atoms with E-state index >= 15 is 0 Å². The second-order valence-corrected chi connectivity index (χ2v) is 4.44. The van der Waals surface area contributed by atoms with Gasteiger partial charge in [0.1, 0.15) is 11.3 Å². The Balaban J connectivity index is 1.88.